The Morgan fingerprint density at radius 2 is 1.97 bits per heavy atom. The molecule has 0 aromatic carbocycles. The average Bonchev–Trinajstić information content (AvgIpc) is 3.54. The summed E-state index contributed by atoms with van der Waals surface area (Å²) in [5.41, 5.74) is 1.78. The van der Waals surface area contributed by atoms with Crippen molar-refractivity contribution in [2.75, 3.05) is 18.4 Å². The van der Waals surface area contributed by atoms with Gasteiger partial charge in [0.1, 0.15) is 11.5 Å². The first-order valence-electron chi connectivity index (χ1n) is 11.4. The molecule has 0 radical (unpaired) electrons. The van der Waals surface area contributed by atoms with E-state index in [1.165, 1.54) is 0 Å². The van der Waals surface area contributed by atoms with Crippen molar-refractivity contribution in [2.24, 2.45) is 5.92 Å². The first-order chi connectivity index (χ1) is 16.5. The number of carbonyl (C=O) groups is 2. The summed E-state index contributed by atoms with van der Waals surface area (Å²) in [6.07, 6.45) is 6.12. The quantitative estimate of drug-likeness (QED) is 0.481. The van der Waals surface area contributed by atoms with Gasteiger partial charge in [-0.25, -0.2) is 14.6 Å². The van der Waals surface area contributed by atoms with E-state index in [1.807, 2.05) is 30.7 Å². The zero-order valence-corrected chi connectivity index (χ0v) is 19.1. The SMILES string of the molecule is CC(C)n1ncc2c(C(=O)N3CCC(C(=O)Nc4ccccn4)CC3)cc(-c3ccco3)nc21. The number of rotatable bonds is 5. The number of likely N-dealkylation sites (tertiary alicyclic amines) is 1. The van der Waals surface area contributed by atoms with Gasteiger partial charge in [0, 0.05) is 31.2 Å². The van der Waals surface area contributed by atoms with Gasteiger partial charge in [0.05, 0.1) is 23.4 Å². The number of hydrogen-bond acceptors (Lipinski definition) is 6. The van der Waals surface area contributed by atoms with E-state index in [-0.39, 0.29) is 23.8 Å². The number of piperidine rings is 1. The molecule has 5 rings (SSSR count). The van der Waals surface area contributed by atoms with E-state index in [9.17, 15) is 9.59 Å². The van der Waals surface area contributed by atoms with E-state index in [4.69, 9.17) is 9.40 Å². The van der Waals surface area contributed by atoms with Gasteiger partial charge in [-0.05, 0) is 57.0 Å². The largest absolute Gasteiger partial charge is 0.463 e. The summed E-state index contributed by atoms with van der Waals surface area (Å²) in [6.45, 7) is 5.04. The number of aromatic nitrogens is 4. The maximum Gasteiger partial charge on any atom is 0.254 e. The van der Waals surface area contributed by atoms with Gasteiger partial charge in [-0.1, -0.05) is 6.07 Å². The van der Waals surface area contributed by atoms with Gasteiger partial charge in [0.25, 0.3) is 5.91 Å². The van der Waals surface area contributed by atoms with Crippen molar-refractivity contribution in [3.63, 3.8) is 0 Å². The van der Waals surface area contributed by atoms with Gasteiger partial charge in [-0.15, -0.1) is 0 Å². The molecule has 9 heteroatoms. The minimum atomic E-state index is -0.161. The van der Waals surface area contributed by atoms with Crippen LogP contribution in [0.4, 0.5) is 5.82 Å². The molecule has 1 aliphatic heterocycles. The Kier molecular flexibility index (Phi) is 5.83. The van der Waals surface area contributed by atoms with E-state index >= 15 is 0 Å². The Morgan fingerprint density at radius 3 is 2.65 bits per heavy atom. The van der Waals surface area contributed by atoms with Crippen molar-refractivity contribution in [3.05, 3.63) is 60.6 Å². The topological polar surface area (TPSA) is 106 Å². The fourth-order valence-corrected chi connectivity index (χ4v) is 4.30. The normalized spacial score (nSPS) is 14.6. The molecule has 4 aromatic rings. The van der Waals surface area contributed by atoms with Gasteiger partial charge in [0.15, 0.2) is 11.4 Å². The summed E-state index contributed by atoms with van der Waals surface area (Å²) < 4.78 is 7.36. The minimum Gasteiger partial charge on any atom is -0.463 e. The van der Waals surface area contributed by atoms with Gasteiger partial charge in [0.2, 0.25) is 5.91 Å². The second-order valence-corrected chi connectivity index (χ2v) is 8.72. The number of nitrogens with zero attached hydrogens (tertiary/aromatic N) is 5. The van der Waals surface area contributed by atoms with Crippen LogP contribution < -0.4 is 5.32 Å². The number of anilines is 1. The van der Waals surface area contributed by atoms with Gasteiger partial charge < -0.3 is 14.6 Å². The number of amides is 2. The van der Waals surface area contributed by atoms with Crippen LogP contribution >= 0.6 is 0 Å². The molecule has 34 heavy (non-hydrogen) atoms. The number of fused-ring (bicyclic) bond motifs is 1. The Balaban J connectivity index is 1.37. The molecule has 174 valence electrons. The molecular weight excluding hydrogens is 432 g/mol. The van der Waals surface area contributed by atoms with Crippen molar-refractivity contribution < 1.29 is 14.0 Å². The van der Waals surface area contributed by atoms with Crippen LogP contribution in [0.3, 0.4) is 0 Å². The maximum atomic E-state index is 13.6. The average molecular weight is 459 g/mol. The molecule has 9 nitrogen and oxygen atoms in total. The van der Waals surface area contributed by atoms with Crippen LogP contribution in [0.15, 0.2) is 59.5 Å². The number of nitrogens with one attached hydrogen (secondary N) is 1. The highest BCUT2D eigenvalue weighted by atomic mass is 16.3. The van der Waals surface area contributed by atoms with Gasteiger partial charge >= 0.3 is 0 Å². The third kappa shape index (κ3) is 4.16. The van der Waals surface area contributed by atoms with Crippen LogP contribution in [0.2, 0.25) is 0 Å². The zero-order chi connectivity index (χ0) is 23.7. The number of pyridine rings is 2. The van der Waals surface area contributed by atoms with Crippen LogP contribution in [-0.2, 0) is 4.79 Å². The molecule has 1 saturated heterocycles. The van der Waals surface area contributed by atoms with Crippen LogP contribution in [-0.4, -0.2) is 49.6 Å². The Hall–Kier alpha value is -4.01. The lowest BCUT2D eigenvalue weighted by Gasteiger charge is -2.31. The Labute approximate surface area is 196 Å². The van der Waals surface area contributed by atoms with E-state index in [0.29, 0.717) is 59.8 Å². The maximum absolute atomic E-state index is 13.6. The lowest BCUT2D eigenvalue weighted by Crippen LogP contribution is -2.41. The Morgan fingerprint density at radius 1 is 1.15 bits per heavy atom. The van der Waals surface area contributed by atoms with Crippen LogP contribution in [0.5, 0.6) is 0 Å². The molecule has 0 spiro atoms. The van der Waals surface area contributed by atoms with Crippen molar-refractivity contribution in [1.82, 2.24) is 24.6 Å². The summed E-state index contributed by atoms with van der Waals surface area (Å²) in [5, 5.41) is 8.05. The zero-order valence-electron chi connectivity index (χ0n) is 19.1. The predicted octanol–water partition coefficient (Wildman–Crippen LogP) is 4.16. The van der Waals surface area contributed by atoms with Crippen molar-refractivity contribution >= 4 is 28.7 Å². The lowest BCUT2D eigenvalue weighted by molar-refractivity contribution is -0.121. The lowest BCUT2D eigenvalue weighted by atomic mass is 9.95. The predicted molar refractivity (Wildman–Crippen MR) is 127 cm³/mol. The highest BCUT2D eigenvalue weighted by Crippen LogP contribution is 2.29. The van der Waals surface area contributed by atoms with Crippen molar-refractivity contribution in [3.8, 4) is 11.5 Å². The fraction of sp³-hybridized carbons (Fsp3) is 0.320. The van der Waals surface area contributed by atoms with Crippen molar-refractivity contribution in [2.45, 2.75) is 32.7 Å². The summed E-state index contributed by atoms with van der Waals surface area (Å²) in [6, 6.07) is 10.9. The molecule has 0 atom stereocenters. The molecule has 0 aliphatic carbocycles. The molecule has 2 amide bonds. The molecule has 0 saturated carbocycles. The van der Waals surface area contributed by atoms with Crippen LogP contribution in [0, 0.1) is 5.92 Å². The second-order valence-electron chi connectivity index (χ2n) is 8.72. The summed E-state index contributed by atoms with van der Waals surface area (Å²) in [5.74, 6) is 0.823. The van der Waals surface area contributed by atoms with E-state index in [0.717, 1.165) is 0 Å². The van der Waals surface area contributed by atoms with Gasteiger partial charge in [-0.2, -0.15) is 5.10 Å². The van der Waals surface area contributed by atoms with E-state index in [2.05, 4.69) is 15.4 Å². The standard InChI is InChI=1S/C25H26N6O3/c1-16(2)31-23-19(15-27-31)18(14-20(28-23)21-6-5-13-34-21)25(33)30-11-8-17(9-12-30)24(32)29-22-7-3-4-10-26-22/h3-7,10,13-17H,8-9,11-12H2,1-2H3,(H,26,29,32). The van der Waals surface area contributed by atoms with E-state index < -0.39 is 0 Å². The molecule has 0 bridgehead atoms. The van der Waals surface area contributed by atoms with Crippen LogP contribution in [0.25, 0.3) is 22.5 Å². The molecule has 0 unspecified atom stereocenters. The highest BCUT2D eigenvalue weighted by molar-refractivity contribution is 6.06. The first kappa shape index (κ1) is 21.8. The van der Waals surface area contributed by atoms with Gasteiger partial charge in [-0.3, -0.25) is 9.59 Å². The fourth-order valence-electron chi connectivity index (χ4n) is 4.30. The third-order valence-electron chi connectivity index (χ3n) is 6.13. The minimum absolute atomic E-state index is 0.0598. The summed E-state index contributed by atoms with van der Waals surface area (Å²) in [4.78, 5) is 36.9. The van der Waals surface area contributed by atoms with Crippen molar-refractivity contribution in [1.29, 1.82) is 0 Å². The molecule has 5 heterocycles. The summed E-state index contributed by atoms with van der Waals surface area (Å²) >= 11 is 0. The summed E-state index contributed by atoms with van der Waals surface area (Å²) in [7, 11) is 0. The van der Waals surface area contributed by atoms with E-state index in [1.54, 1.807) is 47.8 Å². The molecule has 1 N–H and O–H groups in total. The molecule has 1 aliphatic rings. The molecule has 1 fully saturated rings. The highest BCUT2D eigenvalue weighted by Gasteiger charge is 2.30. The molecule has 4 aromatic heterocycles. The first-order valence-corrected chi connectivity index (χ1v) is 11.4. The monoisotopic (exact) mass is 458 g/mol. The number of hydrogen-bond donors (Lipinski definition) is 1. The third-order valence-corrected chi connectivity index (χ3v) is 6.13. The number of furan rings is 1. The Bertz CT molecular complexity index is 1310. The van der Waals surface area contributed by atoms with Crippen LogP contribution in [0.1, 0.15) is 43.1 Å². The smallest absolute Gasteiger partial charge is 0.254 e. The second kappa shape index (κ2) is 9.09. The number of carbonyl (C=O) groups excluding carboxylic acids is 2. The molecular formula is C25H26N6O3.